The summed E-state index contributed by atoms with van der Waals surface area (Å²) < 4.78 is 19.8. The molecule has 0 aromatic rings. The maximum Gasteiger partial charge on any atom is 0.303 e. The molecule has 1 saturated heterocycles. The van der Waals surface area contributed by atoms with Gasteiger partial charge in [-0.25, -0.2) is 0 Å². The lowest BCUT2D eigenvalue weighted by atomic mass is 9.98. The van der Waals surface area contributed by atoms with Gasteiger partial charge in [-0.3, -0.25) is 14.4 Å². The molecular weight excluding hydrogens is 288 g/mol. The zero-order valence-electron chi connectivity index (χ0n) is 11.8. The zero-order valence-corrected chi connectivity index (χ0v) is 11.8. The van der Waals surface area contributed by atoms with Gasteiger partial charge in [0.25, 0.3) is 0 Å². The van der Waals surface area contributed by atoms with Crippen LogP contribution < -0.4 is 0 Å². The SMILES string of the molecule is CC(=O)OC1[C@H](O)OC(CO)[C@H](OC(C)=O)[C@@H]1OC(C)=O. The Kier molecular flexibility index (Phi) is 6.06. The van der Waals surface area contributed by atoms with Crippen LogP contribution in [-0.4, -0.2) is 65.4 Å². The molecule has 1 fully saturated rings. The molecule has 0 radical (unpaired) electrons. The van der Waals surface area contributed by atoms with Crippen LogP contribution in [0.1, 0.15) is 20.8 Å². The summed E-state index contributed by atoms with van der Waals surface area (Å²) in [4.78, 5) is 33.4. The number of aliphatic hydroxyl groups excluding tert-OH is 2. The molecule has 0 spiro atoms. The van der Waals surface area contributed by atoms with Crippen molar-refractivity contribution in [2.75, 3.05) is 6.61 Å². The van der Waals surface area contributed by atoms with E-state index in [2.05, 4.69) is 0 Å². The maximum absolute atomic E-state index is 11.2. The smallest absolute Gasteiger partial charge is 0.303 e. The van der Waals surface area contributed by atoms with Crippen LogP contribution in [0.25, 0.3) is 0 Å². The van der Waals surface area contributed by atoms with E-state index in [1.165, 1.54) is 0 Å². The Morgan fingerprint density at radius 2 is 1.33 bits per heavy atom. The molecule has 0 saturated carbocycles. The van der Waals surface area contributed by atoms with Gasteiger partial charge in [-0.1, -0.05) is 0 Å². The van der Waals surface area contributed by atoms with E-state index in [1.54, 1.807) is 0 Å². The summed E-state index contributed by atoms with van der Waals surface area (Å²) in [6, 6.07) is 0. The van der Waals surface area contributed by atoms with Gasteiger partial charge < -0.3 is 29.2 Å². The van der Waals surface area contributed by atoms with E-state index in [9.17, 15) is 24.6 Å². The van der Waals surface area contributed by atoms with E-state index < -0.39 is 55.2 Å². The van der Waals surface area contributed by atoms with Crippen molar-refractivity contribution in [3.63, 3.8) is 0 Å². The highest BCUT2D eigenvalue weighted by Crippen LogP contribution is 2.27. The van der Waals surface area contributed by atoms with Gasteiger partial charge in [0, 0.05) is 20.8 Å². The molecule has 0 bridgehead atoms. The number of carbonyl (C=O) groups is 3. The first-order valence-electron chi connectivity index (χ1n) is 6.22. The molecule has 1 rings (SSSR count). The van der Waals surface area contributed by atoms with Gasteiger partial charge in [-0.05, 0) is 0 Å². The van der Waals surface area contributed by atoms with Gasteiger partial charge in [0.15, 0.2) is 24.6 Å². The van der Waals surface area contributed by atoms with E-state index in [1.807, 2.05) is 0 Å². The molecule has 5 atom stereocenters. The average molecular weight is 306 g/mol. The second-order valence-electron chi connectivity index (χ2n) is 4.47. The monoisotopic (exact) mass is 306 g/mol. The van der Waals surface area contributed by atoms with E-state index in [-0.39, 0.29) is 0 Å². The minimum atomic E-state index is -1.64. The average Bonchev–Trinajstić information content (AvgIpc) is 2.35. The highest BCUT2D eigenvalue weighted by molar-refractivity contribution is 5.68. The molecule has 9 heteroatoms. The Morgan fingerprint density at radius 3 is 1.76 bits per heavy atom. The quantitative estimate of drug-likeness (QED) is 0.470. The molecule has 21 heavy (non-hydrogen) atoms. The largest absolute Gasteiger partial charge is 0.456 e. The predicted octanol–water partition coefficient (Wildman–Crippen LogP) is -1.51. The Balaban J connectivity index is 3.08. The van der Waals surface area contributed by atoms with Gasteiger partial charge in [-0.15, -0.1) is 0 Å². The summed E-state index contributed by atoms with van der Waals surface area (Å²) in [7, 11) is 0. The van der Waals surface area contributed by atoms with Crippen LogP contribution in [0.3, 0.4) is 0 Å². The van der Waals surface area contributed by atoms with E-state index in [0.29, 0.717) is 0 Å². The van der Waals surface area contributed by atoms with Crippen LogP contribution in [0.2, 0.25) is 0 Å². The molecule has 1 aliphatic rings. The molecule has 0 amide bonds. The second kappa shape index (κ2) is 7.34. The molecule has 2 unspecified atom stereocenters. The molecule has 120 valence electrons. The standard InChI is InChI=1S/C12H18O9/c1-5(14)18-9-8(4-13)21-12(17)11(20-7(3)16)10(9)19-6(2)15/h8-13,17H,4H2,1-3H3/t8?,9-,10-,11?,12+/m0/s1. The summed E-state index contributed by atoms with van der Waals surface area (Å²) >= 11 is 0. The molecule has 0 aliphatic carbocycles. The highest BCUT2D eigenvalue weighted by Gasteiger charge is 2.51. The van der Waals surface area contributed by atoms with Crippen LogP contribution in [0.4, 0.5) is 0 Å². The fraction of sp³-hybridized carbons (Fsp3) is 0.750. The van der Waals surface area contributed by atoms with Crippen molar-refractivity contribution in [2.24, 2.45) is 0 Å². The number of esters is 3. The van der Waals surface area contributed by atoms with E-state index in [0.717, 1.165) is 20.8 Å². The van der Waals surface area contributed by atoms with Crippen molar-refractivity contribution < 1.29 is 43.5 Å². The molecule has 0 aromatic carbocycles. The normalized spacial score (nSPS) is 32.1. The Morgan fingerprint density at radius 1 is 0.905 bits per heavy atom. The topological polar surface area (TPSA) is 129 Å². The molecule has 0 aromatic heterocycles. The van der Waals surface area contributed by atoms with Crippen molar-refractivity contribution in [3.05, 3.63) is 0 Å². The van der Waals surface area contributed by atoms with Crippen LogP contribution in [0, 0.1) is 0 Å². The lowest BCUT2D eigenvalue weighted by molar-refractivity contribution is -0.295. The lowest BCUT2D eigenvalue weighted by Crippen LogP contribution is -2.62. The number of rotatable bonds is 4. The van der Waals surface area contributed by atoms with Gasteiger partial charge in [0.05, 0.1) is 6.61 Å². The Hall–Kier alpha value is -1.71. The summed E-state index contributed by atoms with van der Waals surface area (Å²) in [5.74, 6) is -2.19. The molecule has 1 aliphatic heterocycles. The van der Waals surface area contributed by atoms with Crippen molar-refractivity contribution >= 4 is 17.9 Å². The molecular formula is C12H18O9. The summed E-state index contributed by atoms with van der Waals surface area (Å²) in [6.45, 7) is 2.71. The van der Waals surface area contributed by atoms with Crippen molar-refractivity contribution in [3.8, 4) is 0 Å². The van der Waals surface area contributed by atoms with E-state index in [4.69, 9.17) is 18.9 Å². The third-order valence-corrected chi connectivity index (χ3v) is 2.70. The zero-order chi connectivity index (χ0) is 16.2. The van der Waals surface area contributed by atoms with Crippen LogP contribution in [0.15, 0.2) is 0 Å². The molecule has 9 nitrogen and oxygen atoms in total. The number of hydrogen-bond donors (Lipinski definition) is 2. The lowest BCUT2D eigenvalue weighted by Gasteiger charge is -2.42. The van der Waals surface area contributed by atoms with Gasteiger partial charge in [0.2, 0.25) is 0 Å². The Bertz CT molecular complexity index is 408. The van der Waals surface area contributed by atoms with Crippen LogP contribution >= 0.6 is 0 Å². The number of ether oxygens (including phenoxy) is 4. The second-order valence-corrected chi connectivity index (χ2v) is 4.47. The van der Waals surface area contributed by atoms with Gasteiger partial charge in [-0.2, -0.15) is 0 Å². The van der Waals surface area contributed by atoms with Crippen molar-refractivity contribution in [1.82, 2.24) is 0 Å². The summed E-state index contributed by atoms with van der Waals surface area (Å²) in [6.07, 6.45) is -6.65. The minimum absolute atomic E-state index is 0.598. The fourth-order valence-corrected chi connectivity index (χ4v) is 2.02. The maximum atomic E-state index is 11.2. The molecule has 1 heterocycles. The summed E-state index contributed by atoms with van der Waals surface area (Å²) in [5, 5.41) is 19.0. The first-order chi connectivity index (χ1) is 9.76. The van der Waals surface area contributed by atoms with Crippen LogP contribution in [-0.2, 0) is 33.3 Å². The molecule has 2 N–H and O–H groups in total. The first-order valence-corrected chi connectivity index (χ1v) is 6.22. The third-order valence-electron chi connectivity index (χ3n) is 2.70. The van der Waals surface area contributed by atoms with Crippen molar-refractivity contribution in [2.45, 2.75) is 51.5 Å². The van der Waals surface area contributed by atoms with E-state index >= 15 is 0 Å². The first kappa shape index (κ1) is 17.3. The predicted molar refractivity (Wildman–Crippen MR) is 64.6 cm³/mol. The summed E-state index contributed by atoms with van der Waals surface area (Å²) in [5.41, 5.74) is 0. The number of carbonyl (C=O) groups excluding carboxylic acids is 3. The van der Waals surface area contributed by atoms with Crippen LogP contribution in [0.5, 0.6) is 0 Å². The van der Waals surface area contributed by atoms with Crippen molar-refractivity contribution in [1.29, 1.82) is 0 Å². The Labute approximate surface area is 120 Å². The third kappa shape index (κ3) is 4.66. The minimum Gasteiger partial charge on any atom is -0.456 e. The fourth-order valence-electron chi connectivity index (χ4n) is 2.02. The van der Waals surface area contributed by atoms with Gasteiger partial charge >= 0.3 is 17.9 Å². The number of aliphatic hydroxyl groups is 2. The highest BCUT2D eigenvalue weighted by atomic mass is 16.7. The van der Waals surface area contributed by atoms with Gasteiger partial charge in [0.1, 0.15) is 6.10 Å². The number of hydrogen-bond acceptors (Lipinski definition) is 9.